The number of nitrogens with zero attached hydrogens (tertiary/aromatic N) is 4. The first-order valence-electron chi connectivity index (χ1n) is 11.3. The molecule has 35 heavy (non-hydrogen) atoms. The van der Waals surface area contributed by atoms with Crippen molar-refractivity contribution in [2.75, 3.05) is 12.9 Å². The zero-order valence-electron chi connectivity index (χ0n) is 19.8. The number of rotatable bonds is 10. The minimum Gasteiger partial charge on any atom is -0.467 e. The fourth-order valence-electron chi connectivity index (χ4n) is 3.74. The summed E-state index contributed by atoms with van der Waals surface area (Å²) >= 11 is 2.81. The highest BCUT2D eigenvalue weighted by Crippen LogP contribution is 2.28. The third-order valence-corrected chi connectivity index (χ3v) is 7.92. The fraction of sp³-hybridized carbons (Fsp3) is 0.320. The van der Waals surface area contributed by atoms with E-state index in [1.807, 2.05) is 73.1 Å². The molecule has 8 nitrogen and oxygen atoms in total. The first-order valence-corrected chi connectivity index (χ1v) is 13.3. The molecular formula is C25H27N5O3S2. The average molecular weight is 510 g/mol. The van der Waals surface area contributed by atoms with E-state index in [0.29, 0.717) is 23.0 Å². The highest BCUT2D eigenvalue weighted by atomic mass is 32.2. The van der Waals surface area contributed by atoms with Crippen LogP contribution in [0.25, 0.3) is 22.1 Å². The number of amides is 1. The highest BCUT2D eigenvalue weighted by Gasteiger charge is 2.27. The molecule has 0 aliphatic rings. The van der Waals surface area contributed by atoms with E-state index < -0.39 is 17.3 Å². The molecule has 10 heteroatoms. The van der Waals surface area contributed by atoms with E-state index in [1.165, 1.54) is 18.9 Å². The van der Waals surface area contributed by atoms with Crippen molar-refractivity contribution in [2.45, 2.75) is 35.5 Å². The van der Waals surface area contributed by atoms with E-state index in [2.05, 4.69) is 20.5 Å². The van der Waals surface area contributed by atoms with Crippen LogP contribution in [0.15, 0.2) is 59.8 Å². The first-order chi connectivity index (χ1) is 17.0. The molecule has 2 atom stereocenters. The zero-order valence-corrected chi connectivity index (χ0v) is 21.4. The van der Waals surface area contributed by atoms with Gasteiger partial charge in [-0.15, -0.1) is 10.2 Å². The third-order valence-electron chi connectivity index (χ3n) is 5.60. The second-order valence-corrected chi connectivity index (χ2v) is 10.1. The van der Waals surface area contributed by atoms with E-state index in [9.17, 15) is 9.59 Å². The van der Waals surface area contributed by atoms with Crippen molar-refractivity contribution in [1.82, 2.24) is 25.1 Å². The lowest BCUT2D eigenvalue weighted by atomic mass is 10.2. The van der Waals surface area contributed by atoms with Crippen LogP contribution in [0.1, 0.15) is 18.9 Å². The number of nitrogens with one attached hydrogen (secondary N) is 1. The highest BCUT2D eigenvalue weighted by molar-refractivity contribution is 8.00. The number of para-hydroxylation sites is 1. The van der Waals surface area contributed by atoms with Gasteiger partial charge in [0.1, 0.15) is 11.6 Å². The smallest absolute Gasteiger partial charge is 0.329 e. The Kier molecular flexibility index (Phi) is 8.25. The number of aromatic nitrogens is 4. The van der Waals surface area contributed by atoms with Gasteiger partial charge in [0.2, 0.25) is 11.1 Å². The third kappa shape index (κ3) is 5.76. The van der Waals surface area contributed by atoms with E-state index in [1.54, 1.807) is 11.8 Å². The molecule has 0 saturated heterocycles. The second kappa shape index (κ2) is 11.5. The molecule has 1 N–H and O–H groups in total. The van der Waals surface area contributed by atoms with Crippen molar-refractivity contribution in [3.8, 4) is 0 Å². The summed E-state index contributed by atoms with van der Waals surface area (Å²) in [7, 11) is 3.26. The van der Waals surface area contributed by atoms with Crippen molar-refractivity contribution in [1.29, 1.82) is 0 Å². The van der Waals surface area contributed by atoms with Gasteiger partial charge in [0.15, 0.2) is 5.65 Å². The zero-order chi connectivity index (χ0) is 24.8. The van der Waals surface area contributed by atoms with E-state index in [-0.39, 0.29) is 5.91 Å². The van der Waals surface area contributed by atoms with Crippen molar-refractivity contribution >= 4 is 57.5 Å². The summed E-state index contributed by atoms with van der Waals surface area (Å²) < 4.78 is 6.90. The van der Waals surface area contributed by atoms with Gasteiger partial charge in [-0.1, -0.05) is 67.2 Å². The number of hydrogen-bond acceptors (Lipinski definition) is 8. The molecule has 2 aromatic carbocycles. The van der Waals surface area contributed by atoms with E-state index in [4.69, 9.17) is 4.74 Å². The quantitative estimate of drug-likeness (QED) is 0.253. The van der Waals surface area contributed by atoms with Crippen molar-refractivity contribution < 1.29 is 14.3 Å². The van der Waals surface area contributed by atoms with Gasteiger partial charge in [-0.3, -0.25) is 4.79 Å². The van der Waals surface area contributed by atoms with Crippen LogP contribution in [0, 0.1) is 0 Å². The Morgan fingerprint density at radius 2 is 1.83 bits per heavy atom. The van der Waals surface area contributed by atoms with Crippen LogP contribution in [0.5, 0.6) is 0 Å². The molecule has 2 aromatic heterocycles. The molecule has 0 aliphatic carbocycles. The van der Waals surface area contributed by atoms with Gasteiger partial charge in [-0.05, 0) is 18.1 Å². The fourth-order valence-corrected chi connectivity index (χ4v) is 5.56. The van der Waals surface area contributed by atoms with Crippen molar-refractivity contribution in [3.05, 3.63) is 60.2 Å². The Hall–Kier alpha value is -3.11. The summed E-state index contributed by atoms with van der Waals surface area (Å²) in [5.41, 5.74) is 3.61. The lowest BCUT2D eigenvalue weighted by Gasteiger charge is -2.19. The Morgan fingerprint density at radius 1 is 1.09 bits per heavy atom. The minimum absolute atomic E-state index is 0.256. The maximum Gasteiger partial charge on any atom is 0.329 e. The topological polar surface area (TPSA) is 99.0 Å². The van der Waals surface area contributed by atoms with E-state index in [0.717, 1.165) is 27.7 Å². The van der Waals surface area contributed by atoms with Gasteiger partial charge in [0, 0.05) is 23.9 Å². The summed E-state index contributed by atoms with van der Waals surface area (Å²) in [5, 5.41) is 12.4. The average Bonchev–Trinajstić information content (AvgIpc) is 3.18. The van der Waals surface area contributed by atoms with Crippen LogP contribution in [-0.4, -0.2) is 55.8 Å². The largest absolute Gasteiger partial charge is 0.467 e. The summed E-state index contributed by atoms with van der Waals surface area (Å²) in [6.45, 7) is 1.91. The summed E-state index contributed by atoms with van der Waals surface area (Å²) in [4.78, 5) is 30.1. The molecule has 0 spiro atoms. The molecule has 2 heterocycles. The number of carbonyl (C=O) groups is 2. The maximum atomic E-state index is 13.1. The van der Waals surface area contributed by atoms with Crippen LogP contribution in [0.3, 0.4) is 0 Å². The molecule has 1 amide bonds. The number of ether oxygens (including phenoxy) is 1. The molecule has 4 rings (SSSR count). The summed E-state index contributed by atoms with van der Waals surface area (Å²) in [6.07, 6.45) is 0.540. The number of fused-ring (bicyclic) bond motifs is 3. The van der Waals surface area contributed by atoms with Crippen LogP contribution in [0.2, 0.25) is 0 Å². The van der Waals surface area contributed by atoms with Gasteiger partial charge in [0.05, 0.1) is 17.9 Å². The lowest BCUT2D eigenvalue weighted by molar-refractivity contribution is -0.144. The van der Waals surface area contributed by atoms with Crippen molar-refractivity contribution in [3.63, 3.8) is 0 Å². The second-order valence-electron chi connectivity index (χ2n) is 7.94. The SMILES string of the molecule is CC[C@H](Sc1nnc2c3ccccc3n(C)c2n1)C(=O)N[C@H](CSCc1ccccc1)C(=O)OC. The molecule has 0 bridgehead atoms. The number of benzene rings is 2. The predicted octanol–water partition coefficient (Wildman–Crippen LogP) is 3.98. The van der Waals surface area contributed by atoms with E-state index >= 15 is 0 Å². The van der Waals surface area contributed by atoms with Gasteiger partial charge < -0.3 is 14.6 Å². The number of hydrogen-bond donors (Lipinski definition) is 1. The first kappa shape index (κ1) is 25.0. The van der Waals surface area contributed by atoms with Gasteiger partial charge in [-0.25, -0.2) is 9.78 Å². The molecule has 0 aliphatic heterocycles. The Balaban J connectivity index is 1.44. The van der Waals surface area contributed by atoms with Crippen LogP contribution < -0.4 is 5.32 Å². The number of thioether (sulfide) groups is 2. The van der Waals surface area contributed by atoms with Crippen LogP contribution in [-0.2, 0) is 27.1 Å². The molecule has 0 fully saturated rings. The Bertz CT molecular complexity index is 1330. The number of aryl methyl sites for hydroxylation is 1. The molecular weight excluding hydrogens is 482 g/mol. The monoisotopic (exact) mass is 509 g/mol. The summed E-state index contributed by atoms with van der Waals surface area (Å²) in [5.74, 6) is 0.428. The number of carbonyl (C=O) groups excluding carboxylic acids is 2. The Morgan fingerprint density at radius 3 is 2.57 bits per heavy atom. The minimum atomic E-state index is -0.740. The Labute approximate surface area is 212 Å². The predicted molar refractivity (Wildman–Crippen MR) is 140 cm³/mol. The number of methoxy groups -OCH3 is 1. The molecule has 182 valence electrons. The molecule has 0 unspecified atom stereocenters. The number of esters is 1. The van der Waals surface area contributed by atoms with Gasteiger partial charge in [-0.2, -0.15) is 11.8 Å². The molecule has 4 aromatic rings. The standard InChI is InChI=1S/C25H27N5O3S2/c1-4-20(23(31)26-18(24(32)33-3)15-34-14-16-10-6-5-7-11-16)35-25-27-22-21(28-29-25)17-12-8-9-13-19(17)30(22)2/h5-13,18,20H,4,14-15H2,1-3H3,(H,26,31)/t18-,20+/m1/s1. The van der Waals surface area contributed by atoms with Crippen molar-refractivity contribution in [2.24, 2.45) is 7.05 Å². The van der Waals surface area contributed by atoms with Gasteiger partial charge in [0.25, 0.3) is 0 Å². The van der Waals surface area contributed by atoms with Gasteiger partial charge >= 0.3 is 5.97 Å². The summed E-state index contributed by atoms with van der Waals surface area (Å²) in [6, 6.07) is 17.2. The maximum absolute atomic E-state index is 13.1. The molecule has 0 radical (unpaired) electrons. The normalized spacial score (nSPS) is 13.0. The van der Waals surface area contributed by atoms with Crippen LogP contribution in [0.4, 0.5) is 0 Å². The lowest BCUT2D eigenvalue weighted by Crippen LogP contribution is -2.46. The molecule has 0 saturated carbocycles. The van der Waals surface area contributed by atoms with Crippen LogP contribution >= 0.6 is 23.5 Å².